The maximum absolute atomic E-state index is 13.6. The number of hydrogen-bond acceptors (Lipinski definition) is 9. The number of aromatic nitrogens is 7. The molecule has 0 saturated carbocycles. The molecule has 0 atom stereocenters. The number of rotatable bonds is 2. The lowest BCUT2D eigenvalue weighted by molar-refractivity contribution is -0.475. The van der Waals surface area contributed by atoms with Gasteiger partial charge in [0.1, 0.15) is 11.3 Å². The molecule has 14 nitrogen and oxygen atoms in total. The summed E-state index contributed by atoms with van der Waals surface area (Å²) >= 11 is 0. The number of fused-ring (bicyclic) bond motifs is 2. The first-order valence-corrected chi connectivity index (χ1v) is 9.67. The summed E-state index contributed by atoms with van der Waals surface area (Å²) < 4.78 is 15.0. The molecule has 0 aliphatic rings. The van der Waals surface area contributed by atoms with E-state index in [1.165, 1.54) is 27.8 Å². The van der Waals surface area contributed by atoms with Crippen molar-refractivity contribution in [1.82, 2.24) is 40.2 Å². The van der Waals surface area contributed by atoms with Crippen LogP contribution in [0.5, 0.6) is 0 Å². The molecule has 0 bridgehead atoms. The number of nitrogens with zero attached hydrogens (tertiary/aromatic N) is 10. The zero-order chi connectivity index (χ0) is 24.4. The highest BCUT2D eigenvalue weighted by molar-refractivity contribution is 5.87. The molecular formula is C19H18FN10O4+. The first-order valence-electron chi connectivity index (χ1n) is 9.67. The topological polar surface area (TPSA) is 146 Å². The minimum atomic E-state index is -0.754. The van der Waals surface area contributed by atoms with Crippen LogP contribution in [0, 0.1) is 5.82 Å². The number of pyridine rings is 1. The Hall–Kier alpha value is -4.82. The van der Waals surface area contributed by atoms with Gasteiger partial charge in [-0.2, -0.15) is 0 Å². The van der Waals surface area contributed by atoms with Gasteiger partial charge in [-0.15, -0.1) is 10.2 Å². The largest absolute Gasteiger partial charge is 0.525 e. The van der Waals surface area contributed by atoms with E-state index in [1.807, 2.05) is 0 Å². The fraction of sp³-hybridized carbons (Fsp3) is 0.211. The minimum Gasteiger partial charge on any atom is -0.308 e. The number of hydrogen-bond donors (Lipinski definition) is 0. The van der Waals surface area contributed by atoms with Crippen molar-refractivity contribution in [3.63, 3.8) is 0 Å². The van der Waals surface area contributed by atoms with Crippen molar-refractivity contribution in [2.45, 2.75) is 0 Å². The Morgan fingerprint density at radius 3 is 2.47 bits per heavy atom. The van der Waals surface area contributed by atoms with E-state index < -0.39 is 16.9 Å². The second-order valence-corrected chi connectivity index (χ2v) is 7.22. The van der Waals surface area contributed by atoms with Crippen molar-refractivity contribution < 1.29 is 18.6 Å². The van der Waals surface area contributed by atoms with Crippen molar-refractivity contribution in [3.8, 4) is 0 Å². The molecule has 0 fully saturated rings. The summed E-state index contributed by atoms with van der Waals surface area (Å²) in [5.74, 6) is -0.612. The van der Waals surface area contributed by atoms with Crippen LogP contribution in [0.1, 0.15) is 0 Å². The van der Waals surface area contributed by atoms with Crippen LogP contribution in [-0.4, -0.2) is 85.0 Å². The fourth-order valence-corrected chi connectivity index (χ4v) is 2.63. The molecule has 4 rings (SSSR count). The third-order valence-corrected chi connectivity index (χ3v) is 4.30. The Bertz CT molecular complexity index is 1570. The van der Waals surface area contributed by atoms with Gasteiger partial charge in [-0.3, -0.25) is 19.3 Å². The van der Waals surface area contributed by atoms with Crippen molar-refractivity contribution in [3.05, 3.63) is 63.1 Å². The maximum atomic E-state index is 13.6. The van der Waals surface area contributed by atoms with E-state index in [4.69, 9.17) is 9.68 Å². The first kappa shape index (κ1) is 22.4. The van der Waals surface area contributed by atoms with E-state index in [9.17, 15) is 14.0 Å². The van der Waals surface area contributed by atoms with E-state index in [0.717, 1.165) is 12.1 Å². The molecule has 0 spiro atoms. The van der Waals surface area contributed by atoms with Crippen molar-refractivity contribution >= 4 is 34.0 Å². The highest BCUT2D eigenvalue weighted by Gasteiger charge is 2.24. The highest BCUT2D eigenvalue weighted by atomic mass is 19.1. The van der Waals surface area contributed by atoms with Gasteiger partial charge >= 0.3 is 23.2 Å². The zero-order valence-electron chi connectivity index (χ0n) is 18.4. The minimum absolute atomic E-state index is 0.0345. The molecule has 0 radical (unpaired) electrons. The predicted octanol–water partition coefficient (Wildman–Crippen LogP) is -1.47. The summed E-state index contributed by atoms with van der Waals surface area (Å²) in [6, 6.07) is 6.32. The van der Waals surface area contributed by atoms with Gasteiger partial charge in [0.25, 0.3) is 0 Å². The monoisotopic (exact) mass is 469 g/mol. The molecule has 0 N–H and O–H groups in total. The summed E-state index contributed by atoms with van der Waals surface area (Å²) in [5.41, 5.74) is -1.01. The van der Waals surface area contributed by atoms with Crippen LogP contribution in [0.15, 0.2) is 51.1 Å². The second-order valence-electron chi connectivity index (χ2n) is 7.22. The fourth-order valence-electron chi connectivity index (χ4n) is 2.63. The van der Waals surface area contributed by atoms with Crippen LogP contribution in [0.25, 0.3) is 21.9 Å². The van der Waals surface area contributed by atoms with Crippen LogP contribution in [0.2, 0.25) is 0 Å². The second kappa shape index (κ2) is 8.97. The molecule has 3 aromatic heterocycles. The summed E-state index contributed by atoms with van der Waals surface area (Å²) in [5, 5.41) is 15.2. The summed E-state index contributed by atoms with van der Waals surface area (Å²) in [6.07, 6.45) is 1.48. The molecule has 0 aliphatic heterocycles. The summed E-state index contributed by atoms with van der Waals surface area (Å²) in [7, 11) is 6.36. The lowest BCUT2D eigenvalue weighted by Gasteiger charge is -2.11. The van der Waals surface area contributed by atoms with Crippen LogP contribution in [-0.2, 0) is 0 Å². The van der Waals surface area contributed by atoms with E-state index in [0.29, 0.717) is 9.69 Å². The predicted molar refractivity (Wildman–Crippen MR) is 117 cm³/mol. The van der Waals surface area contributed by atoms with E-state index in [1.54, 1.807) is 34.3 Å². The molecule has 3 heterocycles. The standard InChI is InChI=1S/C19H18FN10O4/c1-27(2)18(33-29-16(31)12-6-5-9-21-15(12)24-26-29)22-19(28(3)4)34-30-17(32)13-10-11(20)7-8-14(13)23-25-30/h5-10H,1-4H3/q+1. The lowest BCUT2D eigenvalue weighted by atomic mass is 10.2. The van der Waals surface area contributed by atoms with Gasteiger partial charge in [0.05, 0.1) is 29.9 Å². The van der Waals surface area contributed by atoms with E-state index in [2.05, 4.69) is 30.6 Å². The molecule has 0 amide bonds. The van der Waals surface area contributed by atoms with Gasteiger partial charge in [0, 0.05) is 20.3 Å². The average molecular weight is 469 g/mol. The normalized spacial score (nSPS) is 11.5. The van der Waals surface area contributed by atoms with Crippen LogP contribution in [0.4, 0.5) is 4.39 Å². The Labute approximate surface area is 189 Å². The Kier molecular flexibility index (Phi) is 5.90. The molecule has 0 aliphatic carbocycles. The Balaban J connectivity index is 1.71. The zero-order valence-corrected chi connectivity index (χ0v) is 18.4. The van der Waals surface area contributed by atoms with Crippen molar-refractivity contribution in [1.29, 1.82) is 0 Å². The molecule has 1 aromatic carbocycles. The van der Waals surface area contributed by atoms with E-state index in [-0.39, 0.29) is 34.0 Å². The third kappa shape index (κ3) is 4.38. The number of aliphatic imine (C=N–C) groups is 1. The van der Waals surface area contributed by atoms with Gasteiger partial charge in [-0.1, -0.05) is 0 Å². The SMILES string of the molecule is CN(C)/C(=N/C(On1nnc2ccc(F)cc2c1=O)=[N+](C)C)On1nnc2ncccc2c1=O. The molecule has 34 heavy (non-hydrogen) atoms. The van der Waals surface area contributed by atoms with Gasteiger partial charge < -0.3 is 4.90 Å². The van der Waals surface area contributed by atoms with Gasteiger partial charge in [-0.25, -0.2) is 13.9 Å². The first-order chi connectivity index (χ1) is 16.2. The van der Waals surface area contributed by atoms with Gasteiger partial charge in [0.15, 0.2) is 5.65 Å². The molecule has 15 heteroatoms. The molecule has 0 saturated heterocycles. The Morgan fingerprint density at radius 2 is 1.74 bits per heavy atom. The molecule has 4 aromatic rings. The van der Waals surface area contributed by atoms with Crippen molar-refractivity contribution in [2.24, 2.45) is 4.99 Å². The summed E-state index contributed by atoms with van der Waals surface area (Å²) in [6.45, 7) is 0. The number of amidine groups is 2. The smallest absolute Gasteiger partial charge is 0.308 e. The molecule has 0 unspecified atom stereocenters. The van der Waals surface area contributed by atoms with Gasteiger partial charge in [-0.05, 0) is 50.4 Å². The van der Waals surface area contributed by atoms with Crippen LogP contribution < -0.4 is 20.8 Å². The highest BCUT2D eigenvalue weighted by Crippen LogP contribution is 2.07. The summed E-state index contributed by atoms with van der Waals surface area (Å²) in [4.78, 5) is 47.2. The molecule has 174 valence electrons. The maximum Gasteiger partial charge on any atom is 0.525 e. The van der Waals surface area contributed by atoms with Gasteiger partial charge in [0.2, 0.25) is 0 Å². The van der Waals surface area contributed by atoms with E-state index >= 15 is 0 Å². The van der Waals surface area contributed by atoms with Crippen molar-refractivity contribution in [2.75, 3.05) is 28.2 Å². The average Bonchev–Trinajstić information content (AvgIpc) is 2.81. The lowest BCUT2D eigenvalue weighted by Crippen LogP contribution is -2.42. The Morgan fingerprint density at radius 1 is 1.03 bits per heavy atom. The number of benzene rings is 1. The van der Waals surface area contributed by atoms with Crippen LogP contribution >= 0.6 is 0 Å². The molecular weight excluding hydrogens is 451 g/mol. The van der Waals surface area contributed by atoms with Crippen LogP contribution in [0.3, 0.4) is 0 Å². The number of halogens is 1. The third-order valence-electron chi connectivity index (χ3n) is 4.30. The quantitative estimate of drug-likeness (QED) is 0.194.